The standard InChI is InChI=1S/C26H29ClN6OS2/c1-15(18-7-6-8-19(27)11-18)31-25(34)33-10-9-32(13-26(33,4)5)24-23-20(28-14-29-24)12-21(36-23)22-16(2)30-17(3)35-22/h6-8,11-12,14-15H,9-10,13H2,1-5H3,(H,31,34)/t15-/m0/s1. The number of carbonyl (C=O) groups is 1. The Balaban J connectivity index is 1.35. The molecule has 1 aliphatic heterocycles. The van der Waals surface area contributed by atoms with Crippen LogP contribution in [0.4, 0.5) is 10.6 Å². The average Bonchev–Trinajstić information content (AvgIpc) is 3.40. The van der Waals surface area contributed by atoms with Gasteiger partial charge >= 0.3 is 6.03 Å². The number of rotatable bonds is 4. The predicted molar refractivity (Wildman–Crippen MR) is 149 cm³/mol. The van der Waals surface area contributed by atoms with Crippen LogP contribution in [0.5, 0.6) is 0 Å². The van der Waals surface area contributed by atoms with Gasteiger partial charge in [0.2, 0.25) is 0 Å². The van der Waals surface area contributed by atoms with Gasteiger partial charge in [0, 0.05) is 29.5 Å². The molecule has 3 aromatic heterocycles. The number of thiophene rings is 1. The minimum atomic E-state index is -0.390. The first-order valence-electron chi connectivity index (χ1n) is 11.9. The van der Waals surface area contributed by atoms with E-state index in [0.717, 1.165) is 32.3 Å². The number of fused-ring (bicyclic) bond motifs is 1. The van der Waals surface area contributed by atoms with Crippen LogP contribution in [0, 0.1) is 13.8 Å². The number of amides is 2. The largest absolute Gasteiger partial charge is 0.351 e. The Morgan fingerprint density at radius 3 is 2.67 bits per heavy atom. The lowest BCUT2D eigenvalue weighted by Crippen LogP contribution is -2.63. The summed E-state index contributed by atoms with van der Waals surface area (Å²) in [7, 11) is 0. The van der Waals surface area contributed by atoms with Crippen LogP contribution in [-0.4, -0.2) is 51.1 Å². The van der Waals surface area contributed by atoms with Crippen LogP contribution < -0.4 is 10.2 Å². The second kappa shape index (κ2) is 9.61. The molecule has 5 rings (SSSR count). The first-order valence-corrected chi connectivity index (χ1v) is 13.9. The lowest BCUT2D eigenvalue weighted by Gasteiger charge is -2.47. The number of hydrogen-bond acceptors (Lipinski definition) is 7. The molecule has 0 bridgehead atoms. The lowest BCUT2D eigenvalue weighted by atomic mass is 9.99. The van der Waals surface area contributed by atoms with E-state index in [2.05, 4.69) is 52.0 Å². The summed E-state index contributed by atoms with van der Waals surface area (Å²) in [6.07, 6.45) is 1.64. The number of anilines is 1. The van der Waals surface area contributed by atoms with Crippen molar-refractivity contribution in [3.05, 3.63) is 57.9 Å². The summed E-state index contributed by atoms with van der Waals surface area (Å²) < 4.78 is 1.07. The van der Waals surface area contributed by atoms with E-state index in [1.54, 1.807) is 29.0 Å². The summed E-state index contributed by atoms with van der Waals surface area (Å²) in [5, 5.41) is 4.87. The van der Waals surface area contributed by atoms with Crippen LogP contribution in [0.2, 0.25) is 5.02 Å². The fourth-order valence-corrected chi connectivity index (χ4v) is 7.17. The first-order chi connectivity index (χ1) is 17.1. The van der Waals surface area contributed by atoms with Crippen molar-refractivity contribution < 1.29 is 4.79 Å². The summed E-state index contributed by atoms with van der Waals surface area (Å²) >= 11 is 9.56. The van der Waals surface area contributed by atoms with E-state index < -0.39 is 0 Å². The molecule has 36 heavy (non-hydrogen) atoms. The summed E-state index contributed by atoms with van der Waals surface area (Å²) in [5.41, 5.74) is 2.58. The smallest absolute Gasteiger partial charge is 0.318 e. The Bertz CT molecular complexity index is 1430. The highest BCUT2D eigenvalue weighted by atomic mass is 35.5. The summed E-state index contributed by atoms with van der Waals surface area (Å²) in [4.78, 5) is 33.6. The van der Waals surface area contributed by atoms with Crippen LogP contribution in [0.25, 0.3) is 20.0 Å². The Hall–Kier alpha value is -2.75. The van der Waals surface area contributed by atoms with Gasteiger partial charge in [0.15, 0.2) is 0 Å². The van der Waals surface area contributed by atoms with Gasteiger partial charge in [-0.05, 0) is 58.4 Å². The minimum Gasteiger partial charge on any atom is -0.351 e. The van der Waals surface area contributed by atoms with Gasteiger partial charge in [-0.25, -0.2) is 19.7 Å². The number of nitrogens with one attached hydrogen (secondary N) is 1. The molecule has 0 radical (unpaired) electrons. The maximum absolute atomic E-state index is 13.3. The molecular formula is C26H29ClN6OS2. The molecule has 7 nitrogen and oxygen atoms in total. The normalized spacial score (nSPS) is 16.4. The van der Waals surface area contributed by atoms with Crippen molar-refractivity contribution in [2.24, 2.45) is 0 Å². The molecule has 2 amide bonds. The number of thiazole rings is 1. The zero-order valence-corrected chi connectivity index (χ0v) is 23.4. The molecule has 4 aromatic rings. The van der Waals surface area contributed by atoms with Gasteiger partial charge in [0.1, 0.15) is 12.1 Å². The maximum atomic E-state index is 13.3. The molecule has 0 saturated carbocycles. The summed E-state index contributed by atoms with van der Waals surface area (Å²) in [6, 6.07) is 9.52. The van der Waals surface area contributed by atoms with E-state index in [9.17, 15) is 4.79 Å². The van der Waals surface area contributed by atoms with E-state index in [1.807, 2.05) is 43.0 Å². The van der Waals surface area contributed by atoms with Crippen LogP contribution in [0.3, 0.4) is 0 Å². The van der Waals surface area contributed by atoms with Crippen molar-refractivity contribution in [1.29, 1.82) is 0 Å². The number of halogens is 1. The second-order valence-electron chi connectivity index (χ2n) is 9.78. The molecule has 188 valence electrons. The van der Waals surface area contributed by atoms with Gasteiger partial charge in [0.25, 0.3) is 0 Å². The second-order valence-corrected chi connectivity index (χ2v) is 12.5. The van der Waals surface area contributed by atoms with Gasteiger partial charge in [-0.15, -0.1) is 22.7 Å². The van der Waals surface area contributed by atoms with E-state index >= 15 is 0 Å². The SMILES string of the molecule is Cc1nc(C)c(-c2cc3ncnc(N4CCN(C(=O)N[C@@H](C)c5cccc(Cl)c5)C(C)(C)C4)c3s2)s1. The van der Waals surface area contributed by atoms with Gasteiger partial charge in [0.05, 0.1) is 37.4 Å². The molecule has 1 N–H and O–H groups in total. The minimum absolute atomic E-state index is 0.0746. The third kappa shape index (κ3) is 4.79. The van der Waals surface area contributed by atoms with Crippen LogP contribution in [-0.2, 0) is 0 Å². The maximum Gasteiger partial charge on any atom is 0.318 e. The Kier molecular flexibility index (Phi) is 6.65. The van der Waals surface area contributed by atoms with E-state index in [-0.39, 0.29) is 17.6 Å². The third-order valence-electron chi connectivity index (χ3n) is 6.56. The molecule has 1 aliphatic rings. The van der Waals surface area contributed by atoms with E-state index in [0.29, 0.717) is 24.7 Å². The van der Waals surface area contributed by atoms with Gasteiger partial charge < -0.3 is 15.1 Å². The first kappa shape index (κ1) is 24.9. The fraction of sp³-hybridized carbons (Fsp3) is 0.385. The zero-order valence-electron chi connectivity index (χ0n) is 21.0. The Labute approximate surface area is 224 Å². The number of hydrogen-bond donors (Lipinski definition) is 1. The third-order valence-corrected chi connectivity index (χ3v) is 9.16. The highest BCUT2D eigenvalue weighted by molar-refractivity contribution is 7.26. The molecule has 1 atom stereocenters. The molecule has 0 spiro atoms. The number of urea groups is 1. The summed E-state index contributed by atoms with van der Waals surface area (Å²) in [6.45, 7) is 12.2. The molecule has 4 heterocycles. The van der Waals surface area contributed by atoms with Crippen molar-refractivity contribution in [1.82, 2.24) is 25.2 Å². The lowest BCUT2D eigenvalue weighted by molar-refractivity contribution is 0.121. The van der Waals surface area contributed by atoms with Gasteiger partial charge in [-0.1, -0.05) is 23.7 Å². The molecule has 0 aliphatic carbocycles. The molecule has 1 aromatic carbocycles. The Morgan fingerprint density at radius 2 is 1.97 bits per heavy atom. The van der Waals surface area contributed by atoms with Crippen LogP contribution in [0.15, 0.2) is 36.7 Å². The monoisotopic (exact) mass is 540 g/mol. The molecule has 10 heteroatoms. The van der Waals surface area contributed by atoms with Crippen LogP contribution in [0.1, 0.15) is 43.1 Å². The van der Waals surface area contributed by atoms with Gasteiger partial charge in [-0.3, -0.25) is 0 Å². The summed E-state index contributed by atoms with van der Waals surface area (Å²) in [5.74, 6) is 0.926. The van der Waals surface area contributed by atoms with Crippen molar-refractivity contribution in [2.75, 3.05) is 24.5 Å². The Morgan fingerprint density at radius 1 is 1.17 bits per heavy atom. The number of carbonyl (C=O) groups excluding carboxylic acids is 1. The topological polar surface area (TPSA) is 74.2 Å². The number of piperazine rings is 1. The van der Waals surface area contributed by atoms with E-state index in [4.69, 9.17) is 11.6 Å². The van der Waals surface area contributed by atoms with Gasteiger partial charge in [-0.2, -0.15) is 0 Å². The fourth-order valence-electron chi connectivity index (χ4n) is 4.77. The quantitative estimate of drug-likeness (QED) is 0.321. The molecule has 1 saturated heterocycles. The van der Waals surface area contributed by atoms with Crippen molar-refractivity contribution in [3.63, 3.8) is 0 Å². The highest BCUT2D eigenvalue weighted by Gasteiger charge is 2.38. The predicted octanol–water partition coefficient (Wildman–Crippen LogP) is 6.46. The molecular weight excluding hydrogens is 512 g/mol. The number of aromatic nitrogens is 3. The molecule has 0 unspecified atom stereocenters. The van der Waals surface area contributed by atoms with Crippen molar-refractivity contribution in [3.8, 4) is 9.75 Å². The molecule has 1 fully saturated rings. The number of aryl methyl sites for hydroxylation is 2. The zero-order chi connectivity index (χ0) is 25.6. The van der Waals surface area contributed by atoms with E-state index in [1.165, 1.54) is 9.75 Å². The van der Waals surface area contributed by atoms with Crippen LogP contribution >= 0.6 is 34.3 Å². The van der Waals surface area contributed by atoms with Crippen molar-refractivity contribution >= 4 is 56.3 Å². The number of benzene rings is 1. The number of nitrogens with zero attached hydrogens (tertiary/aromatic N) is 5. The highest BCUT2D eigenvalue weighted by Crippen LogP contribution is 2.41. The average molecular weight is 541 g/mol. The van der Waals surface area contributed by atoms with Crippen molar-refractivity contribution in [2.45, 2.75) is 46.2 Å².